The van der Waals surface area contributed by atoms with Gasteiger partial charge in [-0.25, -0.2) is 22.0 Å². The first-order valence-corrected chi connectivity index (χ1v) is 7.74. The molecule has 0 bridgehead atoms. The Labute approximate surface area is 112 Å². The largest absolute Gasteiger partial charge is 0.459 e. The minimum Gasteiger partial charge on any atom is -0.459 e. The van der Waals surface area contributed by atoms with Crippen LogP contribution in [0.3, 0.4) is 0 Å². The number of carbonyl (C=O) groups is 1. The maximum atomic E-state index is 13.8. The molecule has 2 rings (SSSR count). The second-order valence-corrected chi connectivity index (χ2v) is 6.70. The van der Waals surface area contributed by atoms with Crippen LogP contribution in [0.5, 0.6) is 0 Å². The minimum absolute atomic E-state index is 0.328. The third-order valence-corrected chi connectivity index (χ3v) is 4.13. The first-order valence-electron chi connectivity index (χ1n) is 5.43. The summed E-state index contributed by atoms with van der Waals surface area (Å²) in [4.78, 5) is 10.6. The second kappa shape index (κ2) is 5.05. The fraction of sp³-hybridized carbons (Fsp3) is 0.364. The summed E-state index contributed by atoms with van der Waals surface area (Å²) < 4.78 is 54.1. The number of rotatable bonds is 3. The topological polar surface area (TPSA) is 60.4 Å². The summed E-state index contributed by atoms with van der Waals surface area (Å²) in [7, 11) is 0.487. The van der Waals surface area contributed by atoms with Gasteiger partial charge in [-0.05, 0) is 31.4 Å². The first-order chi connectivity index (χ1) is 8.79. The number of hydrogen-bond donors (Lipinski definition) is 0. The summed E-state index contributed by atoms with van der Waals surface area (Å²) in [6.07, 6.45) is 1.88. The van der Waals surface area contributed by atoms with E-state index in [1.54, 1.807) is 0 Å². The average Bonchev–Trinajstić information content (AvgIpc) is 2.24. The average molecular weight is 311 g/mol. The van der Waals surface area contributed by atoms with E-state index in [2.05, 4.69) is 0 Å². The van der Waals surface area contributed by atoms with Crippen LogP contribution in [0, 0.1) is 11.6 Å². The molecule has 104 valence electrons. The zero-order valence-electron chi connectivity index (χ0n) is 9.53. The van der Waals surface area contributed by atoms with Crippen molar-refractivity contribution in [1.82, 2.24) is 0 Å². The van der Waals surface area contributed by atoms with Crippen LogP contribution in [0.4, 0.5) is 8.78 Å². The molecule has 0 amide bonds. The van der Waals surface area contributed by atoms with Gasteiger partial charge < -0.3 is 4.74 Å². The Morgan fingerprint density at radius 1 is 1.32 bits per heavy atom. The summed E-state index contributed by atoms with van der Waals surface area (Å²) in [5.74, 6) is -3.58. The number of ether oxygens (including phenoxy) is 1. The minimum atomic E-state index is -4.48. The molecule has 8 heteroatoms. The van der Waals surface area contributed by atoms with Gasteiger partial charge in [0.2, 0.25) is 0 Å². The quantitative estimate of drug-likeness (QED) is 0.636. The van der Waals surface area contributed by atoms with Crippen molar-refractivity contribution in [3.63, 3.8) is 0 Å². The van der Waals surface area contributed by atoms with E-state index in [4.69, 9.17) is 15.4 Å². The summed E-state index contributed by atoms with van der Waals surface area (Å²) >= 11 is 0. The Hall–Kier alpha value is -1.21. The smallest absolute Gasteiger partial charge is 0.341 e. The van der Waals surface area contributed by atoms with Gasteiger partial charge in [0.15, 0.2) is 5.82 Å². The van der Waals surface area contributed by atoms with E-state index in [-0.39, 0.29) is 6.10 Å². The number of hydrogen-bond acceptors (Lipinski definition) is 4. The number of benzene rings is 1. The standard InChI is InChI=1S/C11H9ClF2O4S/c12-19(16,17)9-5-6(13)4-8(10(9)14)11(15)18-7-2-1-3-7/h4-5,7H,1-3H2. The Morgan fingerprint density at radius 3 is 2.42 bits per heavy atom. The van der Waals surface area contributed by atoms with Gasteiger partial charge in [-0.1, -0.05) is 0 Å². The molecule has 1 aromatic rings. The van der Waals surface area contributed by atoms with Crippen molar-refractivity contribution in [2.75, 3.05) is 0 Å². The van der Waals surface area contributed by atoms with Crippen LogP contribution < -0.4 is 0 Å². The molecule has 0 heterocycles. The SMILES string of the molecule is O=C(OC1CCC1)c1cc(F)cc(S(=O)(=O)Cl)c1F. The Bertz CT molecular complexity index is 626. The highest BCUT2D eigenvalue weighted by Crippen LogP contribution is 2.27. The van der Waals surface area contributed by atoms with E-state index in [0.717, 1.165) is 6.42 Å². The molecule has 19 heavy (non-hydrogen) atoms. The van der Waals surface area contributed by atoms with Crippen molar-refractivity contribution in [3.05, 3.63) is 29.3 Å². The third kappa shape index (κ3) is 3.03. The molecule has 0 N–H and O–H groups in total. The molecule has 1 aliphatic carbocycles. The molecule has 0 unspecified atom stereocenters. The predicted octanol–water partition coefficient (Wildman–Crippen LogP) is 2.60. The van der Waals surface area contributed by atoms with E-state index < -0.39 is 37.1 Å². The number of esters is 1. The van der Waals surface area contributed by atoms with Crippen LogP contribution in [0.1, 0.15) is 29.6 Å². The fourth-order valence-corrected chi connectivity index (χ4v) is 2.51. The lowest BCUT2D eigenvalue weighted by molar-refractivity contribution is 0.00842. The summed E-state index contributed by atoms with van der Waals surface area (Å²) in [6.45, 7) is 0. The molecule has 0 radical (unpaired) electrons. The van der Waals surface area contributed by atoms with Crippen molar-refractivity contribution in [2.24, 2.45) is 0 Å². The molecule has 0 saturated heterocycles. The van der Waals surface area contributed by atoms with Crippen LogP contribution in [0.15, 0.2) is 17.0 Å². The van der Waals surface area contributed by atoms with Crippen LogP contribution in [0.2, 0.25) is 0 Å². The van der Waals surface area contributed by atoms with Gasteiger partial charge in [0, 0.05) is 10.7 Å². The number of carbonyl (C=O) groups excluding carboxylic acids is 1. The van der Waals surface area contributed by atoms with E-state index >= 15 is 0 Å². The van der Waals surface area contributed by atoms with E-state index in [1.165, 1.54) is 0 Å². The Morgan fingerprint density at radius 2 is 1.95 bits per heavy atom. The zero-order chi connectivity index (χ0) is 14.2. The maximum absolute atomic E-state index is 13.8. The summed E-state index contributed by atoms with van der Waals surface area (Å²) in [6, 6.07) is 1.000. The lowest BCUT2D eigenvalue weighted by atomic mass is 9.96. The molecule has 1 aromatic carbocycles. The molecule has 0 aliphatic heterocycles. The molecule has 0 atom stereocenters. The lowest BCUT2D eigenvalue weighted by Gasteiger charge is -2.25. The van der Waals surface area contributed by atoms with Crippen LogP contribution in [-0.2, 0) is 13.8 Å². The van der Waals surface area contributed by atoms with Crippen molar-refractivity contribution >= 4 is 25.7 Å². The van der Waals surface area contributed by atoms with Crippen molar-refractivity contribution in [1.29, 1.82) is 0 Å². The zero-order valence-corrected chi connectivity index (χ0v) is 11.1. The summed E-state index contributed by atoms with van der Waals surface area (Å²) in [5.41, 5.74) is -0.772. The van der Waals surface area contributed by atoms with Crippen molar-refractivity contribution < 1.29 is 26.7 Å². The maximum Gasteiger partial charge on any atom is 0.341 e. The predicted molar refractivity (Wildman–Crippen MR) is 62.5 cm³/mol. The highest BCUT2D eigenvalue weighted by Gasteiger charge is 2.28. The molecule has 0 aromatic heterocycles. The van der Waals surface area contributed by atoms with Gasteiger partial charge in [-0.3, -0.25) is 0 Å². The molecular formula is C11H9ClF2O4S. The monoisotopic (exact) mass is 310 g/mol. The van der Waals surface area contributed by atoms with Crippen molar-refractivity contribution in [2.45, 2.75) is 30.3 Å². The molecule has 1 saturated carbocycles. The molecular weight excluding hydrogens is 302 g/mol. The molecule has 1 aliphatic rings. The molecule has 1 fully saturated rings. The molecule has 0 spiro atoms. The highest BCUT2D eigenvalue weighted by atomic mass is 35.7. The Balaban J connectivity index is 2.39. The Kier molecular flexibility index (Phi) is 3.78. The van der Waals surface area contributed by atoms with Gasteiger partial charge in [0.1, 0.15) is 16.8 Å². The van der Waals surface area contributed by atoms with Crippen LogP contribution >= 0.6 is 10.7 Å². The van der Waals surface area contributed by atoms with Gasteiger partial charge in [-0.15, -0.1) is 0 Å². The van der Waals surface area contributed by atoms with Crippen molar-refractivity contribution in [3.8, 4) is 0 Å². The van der Waals surface area contributed by atoms with Gasteiger partial charge >= 0.3 is 5.97 Å². The normalized spacial score (nSPS) is 15.9. The van der Waals surface area contributed by atoms with Crippen LogP contribution in [-0.4, -0.2) is 20.5 Å². The number of halogens is 3. The third-order valence-electron chi connectivity index (χ3n) is 2.81. The van der Waals surface area contributed by atoms with E-state index in [1.807, 2.05) is 0 Å². The lowest BCUT2D eigenvalue weighted by Crippen LogP contribution is -2.25. The second-order valence-electron chi connectivity index (χ2n) is 4.16. The summed E-state index contributed by atoms with van der Waals surface area (Å²) in [5, 5.41) is 0. The highest BCUT2D eigenvalue weighted by molar-refractivity contribution is 8.13. The first kappa shape index (κ1) is 14.2. The van der Waals surface area contributed by atoms with Gasteiger partial charge in [-0.2, -0.15) is 0 Å². The fourth-order valence-electron chi connectivity index (χ4n) is 1.59. The van der Waals surface area contributed by atoms with Gasteiger partial charge in [0.25, 0.3) is 9.05 Å². The van der Waals surface area contributed by atoms with Gasteiger partial charge in [0.05, 0.1) is 5.56 Å². The van der Waals surface area contributed by atoms with E-state index in [9.17, 15) is 22.0 Å². The molecule has 4 nitrogen and oxygen atoms in total. The van der Waals surface area contributed by atoms with Crippen LogP contribution in [0.25, 0.3) is 0 Å². The van der Waals surface area contributed by atoms with E-state index in [0.29, 0.717) is 25.0 Å².